The van der Waals surface area contributed by atoms with Crippen LogP contribution in [-0.2, 0) is 19.9 Å². The van der Waals surface area contributed by atoms with Crippen LogP contribution >= 0.6 is 11.6 Å². The van der Waals surface area contributed by atoms with Gasteiger partial charge in [0.1, 0.15) is 16.4 Å². The first-order chi connectivity index (χ1) is 14.2. The molecule has 1 amide bonds. The van der Waals surface area contributed by atoms with Crippen molar-refractivity contribution >= 4 is 49.3 Å². The molecule has 0 bridgehead atoms. The molecule has 31 heavy (non-hydrogen) atoms. The number of sulfonamides is 1. The zero-order valence-electron chi connectivity index (χ0n) is 15.8. The van der Waals surface area contributed by atoms with E-state index in [1.54, 1.807) is 0 Å². The Morgan fingerprint density at radius 2 is 1.55 bits per heavy atom. The van der Waals surface area contributed by atoms with Crippen molar-refractivity contribution in [2.75, 3.05) is 6.26 Å². The van der Waals surface area contributed by atoms with Gasteiger partial charge in [-0.15, -0.1) is 4.40 Å². The van der Waals surface area contributed by atoms with Crippen LogP contribution in [0.1, 0.15) is 10.4 Å². The Bertz CT molecular complexity index is 1300. The fraction of sp³-hybridized carbons (Fsp3) is 0.0625. The lowest BCUT2D eigenvalue weighted by molar-refractivity contribution is 0.100. The van der Waals surface area contributed by atoms with Crippen LogP contribution in [0.4, 0.5) is 0 Å². The van der Waals surface area contributed by atoms with Crippen LogP contribution in [0.25, 0.3) is 0 Å². The lowest BCUT2D eigenvalue weighted by Crippen LogP contribution is -2.24. The molecule has 0 saturated carbocycles. The molecular formula is C16H17ClN6O6S2. The summed E-state index contributed by atoms with van der Waals surface area (Å²) in [6, 6.07) is 6.85. The van der Waals surface area contributed by atoms with E-state index in [0.717, 1.165) is 30.5 Å². The predicted molar refractivity (Wildman–Crippen MR) is 114 cm³/mol. The molecular weight excluding hydrogens is 472 g/mol. The Balaban J connectivity index is 2.50. The maximum atomic E-state index is 12.2. The number of nitrogens with zero attached hydrogens (tertiary/aromatic N) is 2. The van der Waals surface area contributed by atoms with Crippen molar-refractivity contribution in [3.05, 3.63) is 47.0 Å². The van der Waals surface area contributed by atoms with Crippen molar-refractivity contribution in [3.8, 4) is 11.5 Å². The molecule has 2 aromatic rings. The van der Waals surface area contributed by atoms with E-state index in [1.807, 2.05) is 0 Å². The number of carbonyl (C=O) groups excluding carboxylic acids is 1. The van der Waals surface area contributed by atoms with Gasteiger partial charge in [-0.25, -0.2) is 8.42 Å². The average Bonchev–Trinajstić information content (AvgIpc) is 2.59. The first-order valence-corrected chi connectivity index (χ1v) is 11.7. The summed E-state index contributed by atoms with van der Waals surface area (Å²) in [5.41, 5.74) is 20.2. The van der Waals surface area contributed by atoms with Gasteiger partial charge in [0, 0.05) is 12.3 Å². The summed E-state index contributed by atoms with van der Waals surface area (Å²) in [7, 11) is -8.01. The van der Waals surface area contributed by atoms with E-state index in [-0.39, 0.29) is 31.9 Å². The molecule has 0 radical (unpaired) electrons. The number of guanidine groups is 2. The van der Waals surface area contributed by atoms with Crippen LogP contribution in [0, 0.1) is 0 Å². The van der Waals surface area contributed by atoms with Gasteiger partial charge in [0.05, 0.1) is 15.5 Å². The number of nitrogens with two attached hydrogens (primary N) is 4. The summed E-state index contributed by atoms with van der Waals surface area (Å²) in [6.07, 6.45) is 0.892. The summed E-state index contributed by atoms with van der Waals surface area (Å²) in [6.45, 7) is 0. The van der Waals surface area contributed by atoms with Crippen molar-refractivity contribution < 1.29 is 26.4 Å². The van der Waals surface area contributed by atoms with Gasteiger partial charge in [-0.1, -0.05) is 11.6 Å². The van der Waals surface area contributed by atoms with Gasteiger partial charge in [0.15, 0.2) is 15.8 Å². The molecule has 0 fully saturated rings. The summed E-state index contributed by atoms with van der Waals surface area (Å²) in [4.78, 5) is 14.8. The number of rotatable bonds is 6. The second-order valence-electron chi connectivity index (χ2n) is 5.96. The van der Waals surface area contributed by atoms with Gasteiger partial charge in [-0.2, -0.15) is 13.4 Å². The first kappa shape index (κ1) is 23.9. The van der Waals surface area contributed by atoms with Gasteiger partial charge < -0.3 is 27.7 Å². The number of hydrogen-bond donors (Lipinski definition) is 4. The van der Waals surface area contributed by atoms with Crippen molar-refractivity contribution in [1.82, 2.24) is 0 Å². The minimum absolute atomic E-state index is 0.0629. The molecule has 2 aromatic carbocycles. The van der Waals surface area contributed by atoms with Crippen molar-refractivity contribution in [1.29, 1.82) is 0 Å². The fourth-order valence-corrected chi connectivity index (χ4v) is 4.14. The van der Waals surface area contributed by atoms with Crippen LogP contribution in [0.15, 0.2) is 55.6 Å². The van der Waals surface area contributed by atoms with E-state index >= 15 is 0 Å². The highest BCUT2D eigenvalue weighted by Crippen LogP contribution is 2.34. The smallest absolute Gasteiger partial charge is 0.285 e. The van der Waals surface area contributed by atoms with Gasteiger partial charge in [-0.05, 0) is 30.3 Å². The monoisotopic (exact) mass is 488 g/mol. The number of benzene rings is 2. The number of amides is 1. The third-order valence-corrected chi connectivity index (χ3v) is 6.22. The second kappa shape index (κ2) is 8.79. The quantitative estimate of drug-likeness (QED) is 0.312. The molecule has 12 nitrogen and oxygen atoms in total. The number of ether oxygens (including phenoxy) is 1. The highest BCUT2D eigenvalue weighted by molar-refractivity contribution is 7.91. The van der Waals surface area contributed by atoms with Gasteiger partial charge in [0.25, 0.3) is 15.9 Å². The molecule has 2 rings (SSSR count). The number of aliphatic imine (C=N–C) groups is 1. The first-order valence-electron chi connectivity index (χ1n) is 8.02. The number of sulfone groups is 1. The Hall–Kier alpha value is -3.36. The van der Waals surface area contributed by atoms with E-state index in [4.69, 9.17) is 39.3 Å². The van der Waals surface area contributed by atoms with Crippen LogP contribution < -0.4 is 27.7 Å². The Morgan fingerprint density at radius 3 is 2.03 bits per heavy atom. The molecule has 0 heterocycles. The van der Waals surface area contributed by atoms with Crippen LogP contribution in [0.3, 0.4) is 0 Å². The molecule has 0 atom stereocenters. The van der Waals surface area contributed by atoms with Gasteiger partial charge in [0.2, 0.25) is 5.96 Å². The molecule has 0 aromatic heterocycles. The molecule has 0 spiro atoms. The molecule has 166 valence electrons. The standard InChI is InChI=1S/C16H17ClN6O6S2/c1-30(25,26)13-6-10(14(24)22-15(18)19)11(17)7-12(13)29-8-2-4-9(5-3-8)31(27,28)23-16(20)21/h2-7H,1H3,(H4,20,21,23)(H4,18,19,22,24). The maximum Gasteiger partial charge on any atom is 0.285 e. The number of hydrogen-bond acceptors (Lipinski definition) is 6. The van der Waals surface area contributed by atoms with Gasteiger partial charge in [-0.3, -0.25) is 4.79 Å². The third kappa shape index (κ3) is 6.07. The van der Waals surface area contributed by atoms with Gasteiger partial charge >= 0.3 is 0 Å². The van der Waals surface area contributed by atoms with Crippen molar-refractivity contribution in [2.24, 2.45) is 32.3 Å². The number of halogens is 1. The van der Waals surface area contributed by atoms with E-state index in [2.05, 4.69) is 9.39 Å². The molecule has 0 unspecified atom stereocenters. The zero-order chi connectivity index (χ0) is 23.6. The summed E-state index contributed by atoms with van der Waals surface area (Å²) in [5.74, 6) is -2.27. The minimum atomic E-state index is -4.12. The summed E-state index contributed by atoms with van der Waals surface area (Å²) >= 11 is 6.07. The Kier molecular flexibility index (Phi) is 6.78. The Labute approximate surface area is 182 Å². The highest BCUT2D eigenvalue weighted by atomic mass is 35.5. The molecule has 0 aliphatic carbocycles. The van der Waals surface area contributed by atoms with Crippen LogP contribution in [0.2, 0.25) is 5.02 Å². The third-order valence-electron chi connectivity index (χ3n) is 3.47. The molecule has 0 aliphatic heterocycles. The SMILES string of the molecule is CS(=O)(=O)c1cc(C(=O)N=C(N)N)c(Cl)cc1Oc1ccc(S(=O)(=O)N=C(N)N)cc1. The molecule has 0 aliphatic rings. The maximum absolute atomic E-state index is 12.2. The minimum Gasteiger partial charge on any atom is -0.456 e. The summed E-state index contributed by atoms with van der Waals surface area (Å²) < 4.78 is 57.0. The number of carbonyl (C=O) groups is 1. The largest absolute Gasteiger partial charge is 0.456 e. The van der Waals surface area contributed by atoms with E-state index < -0.39 is 37.7 Å². The van der Waals surface area contributed by atoms with Crippen LogP contribution in [-0.4, -0.2) is 40.9 Å². The molecule has 8 N–H and O–H groups in total. The van der Waals surface area contributed by atoms with E-state index in [9.17, 15) is 21.6 Å². The second-order valence-corrected chi connectivity index (χ2v) is 9.95. The normalized spacial score (nSPS) is 11.4. The molecule has 15 heteroatoms. The van der Waals surface area contributed by atoms with E-state index in [0.29, 0.717) is 0 Å². The topological polar surface area (TPSA) is 223 Å². The lowest BCUT2D eigenvalue weighted by Gasteiger charge is -2.13. The lowest BCUT2D eigenvalue weighted by atomic mass is 10.2. The zero-order valence-corrected chi connectivity index (χ0v) is 18.2. The predicted octanol–water partition coefficient (Wildman–Crippen LogP) is -0.0885. The Morgan fingerprint density at radius 1 is 0.968 bits per heavy atom. The molecule has 0 saturated heterocycles. The van der Waals surface area contributed by atoms with E-state index in [1.165, 1.54) is 12.1 Å². The van der Waals surface area contributed by atoms with Crippen molar-refractivity contribution in [2.45, 2.75) is 9.79 Å². The van der Waals surface area contributed by atoms with Crippen molar-refractivity contribution in [3.63, 3.8) is 0 Å². The fourth-order valence-electron chi connectivity index (χ4n) is 2.24. The average molecular weight is 489 g/mol. The highest BCUT2D eigenvalue weighted by Gasteiger charge is 2.22. The van der Waals surface area contributed by atoms with Crippen LogP contribution in [0.5, 0.6) is 11.5 Å². The summed E-state index contributed by atoms with van der Waals surface area (Å²) in [5, 5.41) is -0.177.